The normalized spacial score (nSPS) is 10.2. The van der Waals surface area contributed by atoms with Gasteiger partial charge in [-0.2, -0.15) is 0 Å². The Bertz CT molecular complexity index is 649. The number of nitrogens with one attached hydrogen (secondary N) is 1. The first-order chi connectivity index (χ1) is 8.99. The Balaban J connectivity index is 2.21. The van der Waals surface area contributed by atoms with Crippen LogP contribution < -0.4 is 5.32 Å². The SMILES string of the molecule is Cc1cc(NC(=O)c2scnc2C)ccc1C(=O)O. The molecule has 2 aromatic rings. The fourth-order valence-electron chi connectivity index (χ4n) is 1.69. The average molecular weight is 276 g/mol. The molecule has 2 N–H and O–H groups in total. The van der Waals surface area contributed by atoms with Crippen LogP contribution >= 0.6 is 11.3 Å². The van der Waals surface area contributed by atoms with E-state index in [4.69, 9.17) is 5.11 Å². The number of carbonyl (C=O) groups is 2. The number of carboxylic acids is 1. The number of nitrogens with zero attached hydrogens (tertiary/aromatic N) is 1. The van der Waals surface area contributed by atoms with E-state index in [1.54, 1.807) is 31.5 Å². The highest BCUT2D eigenvalue weighted by molar-refractivity contribution is 7.12. The minimum Gasteiger partial charge on any atom is -0.478 e. The number of thiazole rings is 1. The Morgan fingerprint density at radius 2 is 2.05 bits per heavy atom. The number of hydrogen-bond acceptors (Lipinski definition) is 4. The number of amides is 1. The largest absolute Gasteiger partial charge is 0.478 e. The van der Waals surface area contributed by atoms with E-state index >= 15 is 0 Å². The van der Waals surface area contributed by atoms with Crippen molar-refractivity contribution in [1.29, 1.82) is 0 Å². The summed E-state index contributed by atoms with van der Waals surface area (Å²) in [7, 11) is 0. The van der Waals surface area contributed by atoms with E-state index in [1.807, 2.05) is 0 Å². The van der Waals surface area contributed by atoms with Crippen molar-refractivity contribution in [3.63, 3.8) is 0 Å². The van der Waals surface area contributed by atoms with Gasteiger partial charge in [-0.25, -0.2) is 9.78 Å². The molecular weight excluding hydrogens is 264 g/mol. The maximum absolute atomic E-state index is 12.0. The molecule has 0 atom stereocenters. The van der Waals surface area contributed by atoms with Crippen molar-refractivity contribution in [3.05, 3.63) is 45.4 Å². The zero-order chi connectivity index (χ0) is 14.0. The average Bonchev–Trinajstić information content (AvgIpc) is 2.75. The first kappa shape index (κ1) is 13.2. The fraction of sp³-hybridized carbons (Fsp3) is 0.154. The number of aryl methyl sites for hydroxylation is 2. The molecule has 0 unspecified atom stereocenters. The molecule has 1 amide bonds. The Labute approximate surface area is 113 Å². The number of aromatic nitrogens is 1. The van der Waals surface area contributed by atoms with E-state index in [0.717, 1.165) is 0 Å². The van der Waals surface area contributed by atoms with Crippen LogP contribution in [-0.2, 0) is 0 Å². The van der Waals surface area contributed by atoms with E-state index in [2.05, 4.69) is 10.3 Å². The second-order valence-electron chi connectivity index (χ2n) is 4.06. The van der Waals surface area contributed by atoms with Gasteiger partial charge in [0.2, 0.25) is 0 Å². The predicted molar refractivity (Wildman–Crippen MR) is 72.9 cm³/mol. The summed E-state index contributed by atoms with van der Waals surface area (Å²) in [5, 5.41) is 11.7. The minimum atomic E-state index is -0.978. The number of carbonyl (C=O) groups excluding carboxylic acids is 1. The van der Waals surface area contributed by atoms with Crippen molar-refractivity contribution >= 4 is 28.9 Å². The van der Waals surface area contributed by atoms with Crippen molar-refractivity contribution in [2.45, 2.75) is 13.8 Å². The maximum atomic E-state index is 12.0. The summed E-state index contributed by atoms with van der Waals surface area (Å²) in [5.41, 5.74) is 3.70. The van der Waals surface area contributed by atoms with Crippen molar-refractivity contribution in [1.82, 2.24) is 4.98 Å². The quantitative estimate of drug-likeness (QED) is 0.903. The van der Waals surface area contributed by atoms with Gasteiger partial charge in [-0.1, -0.05) is 0 Å². The molecule has 98 valence electrons. The van der Waals surface area contributed by atoms with E-state index < -0.39 is 5.97 Å². The summed E-state index contributed by atoms with van der Waals surface area (Å²) in [4.78, 5) is 27.4. The molecule has 0 fully saturated rings. The molecule has 5 nitrogen and oxygen atoms in total. The first-order valence-electron chi connectivity index (χ1n) is 5.54. The van der Waals surface area contributed by atoms with Crippen LogP contribution in [0.15, 0.2) is 23.7 Å². The van der Waals surface area contributed by atoms with Gasteiger partial charge in [0.1, 0.15) is 4.88 Å². The Morgan fingerprint density at radius 3 is 2.58 bits per heavy atom. The monoisotopic (exact) mass is 276 g/mol. The van der Waals surface area contributed by atoms with Crippen molar-refractivity contribution in [2.75, 3.05) is 5.32 Å². The van der Waals surface area contributed by atoms with Gasteiger partial charge < -0.3 is 10.4 Å². The number of hydrogen-bond donors (Lipinski definition) is 2. The zero-order valence-corrected chi connectivity index (χ0v) is 11.2. The molecule has 0 aliphatic heterocycles. The second-order valence-corrected chi connectivity index (χ2v) is 4.91. The lowest BCUT2D eigenvalue weighted by atomic mass is 10.1. The molecule has 6 heteroatoms. The van der Waals surface area contributed by atoms with Gasteiger partial charge in [0, 0.05) is 5.69 Å². The third kappa shape index (κ3) is 2.79. The van der Waals surface area contributed by atoms with Crippen molar-refractivity contribution in [2.24, 2.45) is 0 Å². The smallest absolute Gasteiger partial charge is 0.335 e. The molecule has 0 bridgehead atoms. The molecule has 1 aromatic heterocycles. The Hall–Kier alpha value is -2.21. The molecule has 0 radical (unpaired) electrons. The molecule has 0 saturated carbocycles. The van der Waals surface area contributed by atoms with Gasteiger partial charge in [0.15, 0.2) is 0 Å². The highest BCUT2D eigenvalue weighted by Crippen LogP contribution is 2.18. The molecule has 2 rings (SSSR count). The molecule has 0 aliphatic carbocycles. The molecular formula is C13H12N2O3S. The maximum Gasteiger partial charge on any atom is 0.335 e. The second kappa shape index (κ2) is 5.19. The summed E-state index contributed by atoms with van der Waals surface area (Å²) in [5.74, 6) is -1.21. The summed E-state index contributed by atoms with van der Waals surface area (Å²) in [6.07, 6.45) is 0. The zero-order valence-electron chi connectivity index (χ0n) is 10.4. The van der Waals surface area contributed by atoms with Crippen molar-refractivity contribution in [3.8, 4) is 0 Å². The van der Waals surface area contributed by atoms with Gasteiger partial charge in [0.25, 0.3) is 5.91 Å². The number of rotatable bonds is 3. The van der Waals surface area contributed by atoms with Crippen LogP contribution in [0.5, 0.6) is 0 Å². The molecule has 0 saturated heterocycles. The summed E-state index contributed by atoms with van der Waals surface area (Å²) >= 11 is 1.27. The molecule has 19 heavy (non-hydrogen) atoms. The Morgan fingerprint density at radius 1 is 1.32 bits per heavy atom. The topological polar surface area (TPSA) is 79.3 Å². The highest BCUT2D eigenvalue weighted by Gasteiger charge is 2.13. The third-order valence-corrected chi connectivity index (χ3v) is 3.59. The van der Waals surface area contributed by atoms with E-state index in [-0.39, 0.29) is 11.5 Å². The molecule has 0 spiro atoms. The van der Waals surface area contributed by atoms with Gasteiger partial charge in [-0.15, -0.1) is 11.3 Å². The Kier molecular flexibility index (Phi) is 3.62. The van der Waals surface area contributed by atoms with Crippen molar-refractivity contribution < 1.29 is 14.7 Å². The van der Waals surface area contributed by atoms with Crippen LogP contribution in [0.25, 0.3) is 0 Å². The van der Waals surface area contributed by atoms with Crippen LogP contribution in [0.2, 0.25) is 0 Å². The van der Waals surface area contributed by atoms with E-state index in [1.165, 1.54) is 17.4 Å². The molecule has 1 aromatic carbocycles. The number of aromatic carboxylic acids is 1. The third-order valence-electron chi connectivity index (χ3n) is 2.67. The minimum absolute atomic E-state index is 0.229. The number of carboxylic acid groups (broad SMARTS) is 1. The van der Waals surface area contributed by atoms with Crippen LogP contribution in [0.3, 0.4) is 0 Å². The predicted octanol–water partition coefficient (Wildman–Crippen LogP) is 2.71. The van der Waals surface area contributed by atoms with Crippen LogP contribution in [0, 0.1) is 13.8 Å². The van der Waals surface area contributed by atoms with Crippen LogP contribution in [0.1, 0.15) is 31.3 Å². The van der Waals surface area contributed by atoms with Gasteiger partial charge in [-0.05, 0) is 37.6 Å². The molecule has 1 heterocycles. The lowest BCUT2D eigenvalue weighted by molar-refractivity contribution is 0.0696. The summed E-state index contributed by atoms with van der Waals surface area (Å²) in [6, 6.07) is 4.69. The summed E-state index contributed by atoms with van der Waals surface area (Å²) in [6.45, 7) is 3.46. The standard InChI is InChI=1S/C13H12N2O3S/c1-7-5-9(3-4-10(7)13(17)18)15-12(16)11-8(2)14-6-19-11/h3-6H,1-2H3,(H,15,16)(H,17,18). The fourth-order valence-corrected chi connectivity index (χ4v) is 2.39. The number of anilines is 1. The van der Waals surface area contributed by atoms with E-state index in [9.17, 15) is 9.59 Å². The number of benzene rings is 1. The van der Waals surface area contributed by atoms with Crippen LogP contribution in [0.4, 0.5) is 5.69 Å². The lowest BCUT2D eigenvalue weighted by Gasteiger charge is -2.07. The van der Waals surface area contributed by atoms with Gasteiger partial charge in [-0.3, -0.25) is 4.79 Å². The summed E-state index contributed by atoms with van der Waals surface area (Å²) < 4.78 is 0. The first-order valence-corrected chi connectivity index (χ1v) is 6.42. The van der Waals surface area contributed by atoms with E-state index in [0.29, 0.717) is 21.8 Å². The highest BCUT2D eigenvalue weighted by atomic mass is 32.1. The molecule has 0 aliphatic rings. The lowest BCUT2D eigenvalue weighted by Crippen LogP contribution is -2.12. The van der Waals surface area contributed by atoms with Gasteiger partial charge in [0.05, 0.1) is 16.8 Å². The van der Waals surface area contributed by atoms with Crippen LogP contribution in [-0.4, -0.2) is 22.0 Å². The van der Waals surface area contributed by atoms with Gasteiger partial charge >= 0.3 is 5.97 Å².